The van der Waals surface area contributed by atoms with Crippen LogP contribution < -0.4 is 9.64 Å². The number of hydrogen-bond donors (Lipinski definition) is 0. The zero-order valence-corrected chi connectivity index (χ0v) is 14.0. The fourth-order valence-electron chi connectivity index (χ4n) is 2.69. The third-order valence-electron chi connectivity index (χ3n) is 4.02. The Bertz CT molecular complexity index is 590. The van der Waals surface area contributed by atoms with E-state index < -0.39 is 0 Å². The van der Waals surface area contributed by atoms with Gasteiger partial charge in [-0.3, -0.25) is 0 Å². The largest absolute Gasteiger partial charge is 0.477 e. The Balaban J connectivity index is 1.59. The van der Waals surface area contributed by atoms with E-state index in [1.165, 1.54) is 10.6 Å². The molecule has 2 aromatic rings. The number of rotatable bonds is 5. The minimum Gasteiger partial charge on any atom is -0.477 e. The van der Waals surface area contributed by atoms with Crippen LogP contribution in [0.25, 0.3) is 0 Å². The number of thiazole rings is 1. The van der Waals surface area contributed by atoms with Crippen molar-refractivity contribution in [2.75, 3.05) is 24.6 Å². The molecule has 0 radical (unpaired) electrons. The summed E-state index contributed by atoms with van der Waals surface area (Å²) in [7, 11) is 0. The second kappa shape index (κ2) is 7.05. The number of ether oxygens (including phenoxy) is 1. The van der Waals surface area contributed by atoms with E-state index >= 15 is 0 Å². The highest BCUT2D eigenvalue weighted by Gasteiger charge is 2.24. The van der Waals surface area contributed by atoms with Crippen molar-refractivity contribution in [3.63, 3.8) is 0 Å². The van der Waals surface area contributed by atoms with Crippen LogP contribution in [-0.4, -0.2) is 34.6 Å². The molecule has 1 aliphatic heterocycles. The Morgan fingerprint density at radius 1 is 1.23 bits per heavy atom. The van der Waals surface area contributed by atoms with Gasteiger partial charge in [0.15, 0.2) is 0 Å². The Morgan fingerprint density at radius 3 is 2.59 bits per heavy atom. The quantitative estimate of drug-likeness (QED) is 0.847. The van der Waals surface area contributed by atoms with Gasteiger partial charge in [0.2, 0.25) is 11.8 Å². The van der Waals surface area contributed by atoms with E-state index in [1.807, 2.05) is 24.7 Å². The van der Waals surface area contributed by atoms with Crippen LogP contribution >= 0.6 is 11.3 Å². The molecule has 0 spiro atoms. The standard InChI is InChI=1S/C16H22N4OS/c1-3-12-9-17-16(18-10-12)20-7-5-13(6-8-20)15-19-14(11-22-15)21-4-2/h9-11,13H,3-8H2,1-2H3. The molecule has 3 rings (SSSR count). The Kier molecular flexibility index (Phi) is 4.87. The zero-order valence-electron chi connectivity index (χ0n) is 13.2. The molecule has 118 valence electrons. The van der Waals surface area contributed by atoms with Crippen LogP contribution in [0, 0.1) is 0 Å². The van der Waals surface area contributed by atoms with Gasteiger partial charge in [-0.25, -0.2) is 15.0 Å². The molecule has 3 heterocycles. The zero-order chi connectivity index (χ0) is 15.4. The fourth-order valence-corrected chi connectivity index (χ4v) is 3.61. The van der Waals surface area contributed by atoms with Crippen LogP contribution in [0.5, 0.6) is 5.88 Å². The molecule has 5 nitrogen and oxygen atoms in total. The van der Waals surface area contributed by atoms with Gasteiger partial charge < -0.3 is 9.64 Å². The number of nitrogens with zero attached hydrogens (tertiary/aromatic N) is 4. The molecule has 0 saturated carbocycles. The molecular weight excluding hydrogens is 296 g/mol. The molecule has 6 heteroatoms. The molecule has 1 saturated heterocycles. The highest BCUT2D eigenvalue weighted by atomic mass is 32.1. The van der Waals surface area contributed by atoms with Gasteiger partial charge in [-0.15, -0.1) is 11.3 Å². The molecular formula is C16H22N4OS. The summed E-state index contributed by atoms with van der Waals surface area (Å²) in [5, 5.41) is 3.21. The van der Waals surface area contributed by atoms with Crippen molar-refractivity contribution in [3.05, 3.63) is 28.3 Å². The van der Waals surface area contributed by atoms with E-state index in [0.29, 0.717) is 12.5 Å². The third-order valence-corrected chi connectivity index (χ3v) is 5.01. The van der Waals surface area contributed by atoms with Crippen LogP contribution in [0.2, 0.25) is 0 Å². The number of hydrogen-bond acceptors (Lipinski definition) is 6. The SMILES string of the molecule is CCOc1csc(C2CCN(c3ncc(CC)cn3)CC2)n1. The van der Waals surface area contributed by atoms with Gasteiger partial charge in [0.1, 0.15) is 0 Å². The predicted octanol–water partition coefficient (Wildman–Crippen LogP) is 3.28. The first-order valence-corrected chi connectivity index (χ1v) is 8.82. The predicted molar refractivity (Wildman–Crippen MR) is 88.9 cm³/mol. The van der Waals surface area contributed by atoms with Crippen LogP contribution in [0.1, 0.15) is 43.2 Å². The maximum atomic E-state index is 5.46. The highest BCUT2D eigenvalue weighted by Crippen LogP contribution is 2.32. The van der Waals surface area contributed by atoms with Crippen LogP contribution in [-0.2, 0) is 6.42 Å². The normalized spacial score (nSPS) is 16.0. The van der Waals surface area contributed by atoms with Gasteiger partial charge in [0.25, 0.3) is 0 Å². The van der Waals surface area contributed by atoms with Gasteiger partial charge in [0, 0.05) is 31.4 Å². The molecule has 0 unspecified atom stereocenters. The first kappa shape index (κ1) is 15.2. The van der Waals surface area contributed by atoms with Crippen LogP contribution in [0.15, 0.2) is 17.8 Å². The summed E-state index contributed by atoms with van der Waals surface area (Å²) in [4.78, 5) is 15.8. The lowest BCUT2D eigenvalue weighted by Crippen LogP contribution is -2.34. The molecule has 0 aromatic carbocycles. The van der Waals surface area contributed by atoms with Gasteiger partial charge in [-0.1, -0.05) is 6.92 Å². The summed E-state index contributed by atoms with van der Waals surface area (Å²) in [6.07, 6.45) is 7.04. The van der Waals surface area contributed by atoms with E-state index in [1.54, 1.807) is 11.3 Å². The summed E-state index contributed by atoms with van der Waals surface area (Å²) >= 11 is 1.71. The molecule has 0 atom stereocenters. The minimum atomic E-state index is 0.533. The van der Waals surface area contributed by atoms with E-state index in [9.17, 15) is 0 Å². The second-order valence-electron chi connectivity index (χ2n) is 5.46. The van der Waals surface area contributed by atoms with Crippen molar-refractivity contribution in [1.29, 1.82) is 0 Å². The molecule has 0 amide bonds. The Hall–Kier alpha value is -1.69. The molecule has 0 bridgehead atoms. The third kappa shape index (κ3) is 3.38. The van der Waals surface area contributed by atoms with Gasteiger partial charge in [0.05, 0.1) is 17.0 Å². The second-order valence-corrected chi connectivity index (χ2v) is 6.35. The van der Waals surface area contributed by atoms with Crippen molar-refractivity contribution < 1.29 is 4.74 Å². The van der Waals surface area contributed by atoms with Gasteiger partial charge in [-0.05, 0) is 31.7 Å². The van der Waals surface area contributed by atoms with Crippen molar-refractivity contribution in [2.45, 2.75) is 39.0 Å². The van der Waals surface area contributed by atoms with Crippen molar-refractivity contribution in [1.82, 2.24) is 15.0 Å². The topological polar surface area (TPSA) is 51.1 Å². The molecule has 1 aliphatic rings. The lowest BCUT2D eigenvalue weighted by Gasteiger charge is -2.31. The van der Waals surface area contributed by atoms with Gasteiger partial charge in [-0.2, -0.15) is 0 Å². The first-order valence-electron chi connectivity index (χ1n) is 7.94. The minimum absolute atomic E-state index is 0.533. The summed E-state index contributed by atoms with van der Waals surface area (Å²) in [6.45, 7) is 6.75. The number of aryl methyl sites for hydroxylation is 1. The fraction of sp³-hybridized carbons (Fsp3) is 0.562. The van der Waals surface area contributed by atoms with Crippen molar-refractivity contribution in [3.8, 4) is 5.88 Å². The summed E-state index contributed by atoms with van der Waals surface area (Å²) in [6, 6.07) is 0. The molecule has 22 heavy (non-hydrogen) atoms. The molecule has 1 fully saturated rings. The number of aromatic nitrogens is 3. The van der Waals surface area contributed by atoms with Crippen LogP contribution in [0.4, 0.5) is 5.95 Å². The summed E-state index contributed by atoms with van der Waals surface area (Å²) < 4.78 is 5.46. The Morgan fingerprint density at radius 2 is 1.95 bits per heavy atom. The molecule has 2 aromatic heterocycles. The average Bonchev–Trinajstić information content (AvgIpc) is 3.04. The number of piperidine rings is 1. The number of anilines is 1. The van der Waals surface area contributed by atoms with E-state index in [0.717, 1.165) is 44.2 Å². The maximum absolute atomic E-state index is 5.46. The summed E-state index contributed by atoms with van der Waals surface area (Å²) in [5.41, 5.74) is 1.19. The average molecular weight is 318 g/mol. The highest BCUT2D eigenvalue weighted by molar-refractivity contribution is 7.09. The summed E-state index contributed by atoms with van der Waals surface area (Å²) in [5.74, 6) is 2.15. The monoisotopic (exact) mass is 318 g/mol. The van der Waals surface area contributed by atoms with E-state index in [2.05, 4.69) is 26.8 Å². The smallest absolute Gasteiger partial charge is 0.225 e. The van der Waals surface area contributed by atoms with Gasteiger partial charge >= 0.3 is 0 Å². The Labute approximate surface area is 135 Å². The molecule has 0 N–H and O–H groups in total. The maximum Gasteiger partial charge on any atom is 0.225 e. The first-order chi connectivity index (χ1) is 10.8. The lowest BCUT2D eigenvalue weighted by atomic mass is 9.98. The lowest BCUT2D eigenvalue weighted by molar-refractivity contribution is 0.327. The van der Waals surface area contributed by atoms with E-state index in [-0.39, 0.29) is 0 Å². The van der Waals surface area contributed by atoms with Crippen LogP contribution in [0.3, 0.4) is 0 Å². The molecule has 0 aliphatic carbocycles. The van der Waals surface area contributed by atoms with Crippen molar-refractivity contribution >= 4 is 17.3 Å². The van der Waals surface area contributed by atoms with Crippen molar-refractivity contribution in [2.24, 2.45) is 0 Å². The van der Waals surface area contributed by atoms with E-state index in [4.69, 9.17) is 4.74 Å².